The molecule has 0 radical (unpaired) electrons. The second kappa shape index (κ2) is 10.7. The van der Waals surface area contributed by atoms with E-state index in [4.69, 9.17) is 19.4 Å². The van der Waals surface area contributed by atoms with Crippen LogP contribution in [0.5, 0.6) is 0 Å². The van der Waals surface area contributed by atoms with E-state index in [2.05, 4.69) is 78.9 Å². The van der Waals surface area contributed by atoms with Crippen LogP contribution in [0, 0.1) is 0 Å². The molecule has 0 aliphatic rings. The van der Waals surface area contributed by atoms with Gasteiger partial charge in [0.05, 0.1) is 0 Å². The first kappa shape index (κ1) is 27.0. The molecule has 0 N–H and O–H groups in total. The lowest BCUT2D eigenvalue weighted by Crippen LogP contribution is -2.00. The number of hydrogen-bond donors (Lipinski definition) is 0. The number of nitrogens with zero attached hydrogens (tertiary/aromatic N) is 3. The molecule has 0 saturated carbocycles. The van der Waals surface area contributed by atoms with Gasteiger partial charge in [-0.25, -0.2) is 15.0 Å². The Balaban J connectivity index is 1.17. The van der Waals surface area contributed by atoms with Gasteiger partial charge in [-0.3, -0.25) is 0 Å². The van der Waals surface area contributed by atoms with Gasteiger partial charge < -0.3 is 4.42 Å². The van der Waals surface area contributed by atoms with Crippen molar-refractivity contribution in [1.82, 2.24) is 15.0 Å². The van der Waals surface area contributed by atoms with Crippen LogP contribution in [0.2, 0.25) is 0 Å². The summed E-state index contributed by atoms with van der Waals surface area (Å²) in [6.45, 7) is 0. The van der Waals surface area contributed by atoms with E-state index in [1.54, 1.807) is 0 Å². The molecule has 0 amide bonds. The normalized spacial score (nSPS) is 11.8. The number of furan rings is 1. The minimum Gasteiger partial charge on any atom is -0.455 e. The van der Waals surface area contributed by atoms with Crippen molar-refractivity contribution >= 4 is 64.2 Å². The van der Waals surface area contributed by atoms with Crippen molar-refractivity contribution in [2.45, 2.75) is 0 Å². The van der Waals surface area contributed by atoms with Gasteiger partial charge in [-0.1, -0.05) is 133 Å². The predicted molar refractivity (Wildman–Crippen MR) is 199 cm³/mol. The summed E-state index contributed by atoms with van der Waals surface area (Å²) in [5, 5.41) is 7.20. The molecule has 0 saturated heterocycles. The molecular formula is C43H25N3OS. The van der Waals surface area contributed by atoms with E-state index in [-0.39, 0.29) is 0 Å². The maximum atomic E-state index is 6.69. The fourth-order valence-electron chi connectivity index (χ4n) is 6.90. The fraction of sp³-hybridized carbons (Fsp3) is 0. The Morgan fingerprint density at radius 1 is 0.417 bits per heavy atom. The van der Waals surface area contributed by atoms with Crippen LogP contribution in [0.15, 0.2) is 156 Å². The van der Waals surface area contributed by atoms with Crippen LogP contribution in [-0.4, -0.2) is 15.0 Å². The van der Waals surface area contributed by atoms with Gasteiger partial charge in [0.1, 0.15) is 11.2 Å². The molecule has 10 aromatic rings. The molecule has 0 bridgehead atoms. The van der Waals surface area contributed by atoms with Crippen LogP contribution in [0.4, 0.5) is 0 Å². The van der Waals surface area contributed by atoms with E-state index >= 15 is 0 Å². The molecule has 10 rings (SSSR count). The van der Waals surface area contributed by atoms with Crippen molar-refractivity contribution in [2.24, 2.45) is 0 Å². The summed E-state index contributed by atoms with van der Waals surface area (Å²) in [4.78, 5) is 15.0. The first-order chi connectivity index (χ1) is 23.8. The van der Waals surface area contributed by atoms with Crippen molar-refractivity contribution in [2.75, 3.05) is 0 Å². The zero-order valence-electron chi connectivity index (χ0n) is 25.6. The van der Waals surface area contributed by atoms with E-state index in [1.807, 2.05) is 84.1 Å². The molecule has 0 atom stereocenters. The summed E-state index contributed by atoms with van der Waals surface area (Å²) in [7, 11) is 0. The summed E-state index contributed by atoms with van der Waals surface area (Å²) in [5.41, 5.74) is 6.63. The number of hydrogen-bond acceptors (Lipinski definition) is 5. The third-order valence-corrected chi connectivity index (χ3v) is 10.3. The van der Waals surface area contributed by atoms with E-state index in [0.29, 0.717) is 17.5 Å². The number of para-hydroxylation sites is 1. The zero-order chi connectivity index (χ0) is 31.6. The lowest BCUT2D eigenvalue weighted by molar-refractivity contribution is 0.670. The molecular weight excluding hydrogens is 607 g/mol. The van der Waals surface area contributed by atoms with Gasteiger partial charge in [-0.05, 0) is 34.5 Å². The Kier molecular flexibility index (Phi) is 6.01. The van der Waals surface area contributed by atoms with Crippen molar-refractivity contribution in [3.63, 3.8) is 0 Å². The third kappa shape index (κ3) is 4.25. The first-order valence-electron chi connectivity index (χ1n) is 15.9. The standard InChI is InChI=1S/C43H25N3OS/c1-3-12-27(13-4-1)41-44-42(28-14-5-2-6-15-28)46-43(45-41)34-19-10-20-35-38(34)33-18-9-17-31(40(33)47-35)29-21-23-32-37(25-29)48-36-24-22-26-11-7-8-16-30(26)39(32)36/h1-25H. The van der Waals surface area contributed by atoms with Gasteiger partial charge in [-0.2, -0.15) is 0 Å². The van der Waals surface area contributed by atoms with Crippen LogP contribution >= 0.6 is 11.3 Å². The van der Waals surface area contributed by atoms with E-state index in [0.717, 1.165) is 49.8 Å². The second-order valence-corrected chi connectivity index (χ2v) is 13.1. The SMILES string of the molecule is c1ccc(-c2nc(-c3ccccc3)nc(-c3cccc4oc5c(-c6ccc7c(c6)sc6ccc8ccccc8c67)cccc5c34)n2)cc1. The summed E-state index contributed by atoms with van der Waals surface area (Å²) in [5.74, 6) is 1.88. The highest BCUT2D eigenvalue weighted by molar-refractivity contribution is 7.26. The predicted octanol–water partition coefficient (Wildman–Crippen LogP) is 12.0. The van der Waals surface area contributed by atoms with Crippen LogP contribution in [0.1, 0.15) is 0 Å². The molecule has 0 aliphatic heterocycles. The average Bonchev–Trinajstić information content (AvgIpc) is 3.74. The van der Waals surface area contributed by atoms with Crippen molar-refractivity contribution in [3.05, 3.63) is 152 Å². The smallest absolute Gasteiger partial charge is 0.164 e. The van der Waals surface area contributed by atoms with Gasteiger partial charge in [-0.15, -0.1) is 11.3 Å². The zero-order valence-corrected chi connectivity index (χ0v) is 26.4. The second-order valence-electron chi connectivity index (χ2n) is 12.0. The minimum absolute atomic E-state index is 0.611. The average molecular weight is 632 g/mol. The lowest BCUT2D eigenvalue weighted by atomic mass is 9.98. The van der Waals surface area contributed by atoms with Crippen LogP contribution in [0.3, 0.4) is 0 Å². The van der Waals surface area contributed by atoms with Gasteiger partial charge in [0, 0.05) is 53.2 Å². The van der Waals surface area contributed by atoms with Crippen LogP contribution in [0.25, 0.3) is 98.2 Å². The molecule has 3 heterocycles. The van der Waals surface area contributed by atoms with Gasteiger partial charge in [0.2, 0.25) is 0 Å². The molecule has 4 nitrogen and oxygen atoms in total. The van der Waals surface area contributed by atoms with Gasteiger partial charge >= 0.3 is 0 Å². The lowest BCUT2D eigenvalue weighted by Gasteiger charge is -2.09. The quantitative estimate of drug-likeness (QED) is 0.194. The molecule has 3 aromatic heterocycles. The maximum Gasteiger partial charge on any atom is 0.164 e. The van der Waals surface area contributed by atoms with Crippen molar-refractivity contribution < 1.29 is 4.42 Å². The van der Waals surface area contributed by atoms with Gasteiger partial charge in [0.15, 0.2) is 17.5 Å². The summed E-state index contributed by atoms with van der Waals surface area (Å²) in [6.07, 6.45) is 0. The number of benzene rings is 7. The highest BCUT2D eigenvalue weighted by Gasteiger charge is 2.20. The highest BCUT2D eigenvalue weighted by Crippen LogP contribution is 2.43. The van der Waals surface area contributed by atoms with E-state index < -0.39 is 0 Å². The fourth-order valence-corrected chi connectivity index (χ4v) is 8.07. The maximum absolute atomic E-state index is 6.69. The third-order valence-electron chi connectivity index (χ3n) is 9.14. The Hall–Kier alpha value is -6.17. The summed E-state index contributed by atoms with van der Waals surface area (Å²) < 4.78 is 9.25. The van der Waals surface area contributed by atoms with E-state index in [9.17, 15) is 0 Å². The minimum atomic E-state index is 0.611. The molecule has 7 aromatic carbocycles. The summed E-state index contributed by atoms with van der Waals surface area (Å²) >= 11 is 1.84. The van der Waals surface area contributed by atoms with Crippen molar-refractivity contribution in [3.8, 4) is 45.3 Å². The van der Waals surface area contributed by atoms with Crippen LogP contribution < -0.4 is 0 Å². The van der Waals surface area contributed by atoms with Crippen LogP contribution in [-0.2, 0) is 0 Å². The molecule has 0 aliphatic carbocycles. The molecule has 0 fully saturated rings. The largest absolute Gasteiger partial charge is 0.455 e. The molecule has 5 heteroatoms. The molecule has 224 valence electrons. The van der Waals surface area contributed by atoms with E-state index in [1.165, 1.54) is 30.9 Å². The molecule has 48 heavy (non-hydrogen) atoms. The Morgan fingerprint density at radius 3 is 1.88 bits per heavy atom. The number of rotatable bonds is 4. The number of thiophene rings is 1. The number of fused-ring (bicyclic) bond motifs is 8. The molecule has 0 unspecified atom stereocenters. The van der Waals surface area contributed by atoms with Gasteiger partial charge in [0.25, 0.3) is 0 Å². The monoisotopic (exact) mass is 631 g/mol. The van der Waals surface area contributed by atoms with Crippen molar-refractivity contribution in [1.29, 1.82) is 0 Å². The Labute approximate surface area is 279 Å². The Morgan fingerprint density at radius 2 is 1.08 bits per heavy atom. The first-order valence-corrected chi connectivity index (χ1v) is 16.8. The number of aromatic nitrogens is 3. The molecule has 0 spiro atoms. The summed E-state index contributed by atoms with van der Waals surface area (Å²) in [6, 6.07) is 52.6. The Bertz CT molecular complexity index is 2780. The topological polar surface area (TPSA) is 51.8 Å². The highest BCUT2D eigenvalue weighted by atomic mass is 32.1.